The number of halogens is 3. The van der Waals surface area contributed by atoms with Crippen LogP contribution in [-0.4, -0.2) is 11.8 Å². The SMILES string of the molecule is C[C@@]12C[C@@H](NC(=O)N1c1ccc(F)c(F)c1)c1cc(Br)ccc1O2. The third-order valence-electron chi connectivity index (χ3n) is 4.40. The van der Waals surface area contributed by atoms with Gasteiger partial charge in [-0.2, -0.15) is 0 Å². The summed E-state index contributed by atoms with van der Waals surface area (Å²) < 4.78 is 33.8. The van der Waals surface area contributed by atoms with Crippen molar-refractivity contribution in [1.29, 1.82) is 0 Å². The van der Waals surface area contributed by atoms with Gasteiger partial charge in [0.15, 0.2) is 17.4 Å². The van der Waals surface area contributed by atoms with Crippen molar-refractivity contribution in [2.24, 2.45) is 0 Å². The highest BCUT2D eigenvalue weighted by Gasteiger charge is 2.50. The monoisotopic (exact) mass is 394 g/mol. The van der Waals surface area contributed by atoms with E-state index in [1.807, 2.05) is 18.2 Å². The molecule has 0 unspecified atom stereocenters. The van der Waals surface area contributed by atoms with Crippen molar-refractivity contribution in [1.82, 2.24) is 5.32 Å². The van der Waals surface area contributed by atoms with Crippen molar-refractivity contribution in [3.8, 4) is 5.75 Å². The molecular formula is C17H13BrF2N2O2. The predicted molar refractivity (Wildman–Crippen MR) is 87.9 cm³/mol. The zero-order valence-electron chi connectivity index (χ0n) is 12.6. The summed E-state index contributed by atoms with van der Waals surface area (Å²) in [7, 11) is 0. The number of hydrogen-bond donors (Lipinski definition) is 1. The van der Waals surface area contributed by atoms with Gasteiger partial charge >= 0.3 is 6.03 Å². The van der Waals surface area contributed by atoms with Crippen LogP contribution in [-0.2, 0) is 0 Å². The molecule has 2 aliphatic rings. The van der Waals surface area contributed by atoms with E-state index in [4.69, 9.17) is 4.74 Å². The molecular weight excluding hydrogens is 382 g/mol. The van der Waals surface area contributed by atoms with Crippen LogP contribution in [0.15, 0.2) is 40.9 Å². The van der Waals surface area contributed by atoms with Crippen LogP contribution in [0.25, 0.3) is 0 Å². The molecule has 4 rings (SSSR count). The molecule has 0 radical (unpaired) electrons. The molecule has 0 spiro atoms. The Morgan fingerprint density at radius 3 is 2.79 bits per heavy atom. The van der Waals surface area contributed by atoms with E-state index >= 15 is 0 Å². The van der Waals surface area contributed by atoms with Crippen molar-refractivity contribution >= 4 is 27.6 Å². The number of carbonyl (C=O) groups excluding carboxylic acids is 1. The second-order valence-corrected chi connectivity index (χ2v) is 7.01. The first-order valence-corrected chi connectivity index (χ1v) is 8.21. The van der Waals surface area contributed by atoms with Gasteiger partial charge in [-0.3, -0.25) is 4.90 Å². The number of amides is 2. The van der Waals surface area contributed by atoms with Crippen molar-refractivity contribution in [3.63, 3.8) is 0 Å². The molecule has 2 heterocycles. The average Bonchev–Trinajstić information content (AvgIpc) is 2.51. The summed E-state index contributed by atoms with van der Waals surface area (Å²) in [6.45, 7) is 1.77. The molecule has 0 aliphatic carbocycles. The van der Waals surface area contributed by atoms with Crippen molar-refractivity contribution in [2.75, 3.05) is 4.90 Å². The van der Waals surface area contributed by atoms with Gasteiger partial charge in [-0.05, 0) is 37.3 Å². The van der Waals surface area contributed by atoms with Gasteiger partial charge in [0.25, 0.3) is 0 Å². The van der Waals surface area contributed by atoms with Crippen molar-refractivity contribution in [3.05, 3.63) is 58.1 Å². The lowest BCUT2D eigenvalue weighted by Gasteiger charge is -2.50. The molecule has 7 heteroatoms. The van der Waals surface area contributed by atoms with Gasteiger partial charge in [0.05, 0.1) is 11.7 Å². The summed E-state index contributed by atoms with van der Waals surface area (Å²) >= 11 is 3.42. The van der Waals surface area contributed by atoms with Crippen LogP contribution in [0.5, 0.6) is 5.75 Å². The van der Waals surface area contributed by atoms with E-state index in [1.165, 1.54) is 11.0 Å². The van der Waals surface area contributed by atoms with Gasteiger partial charge in [-0.15, -0.1) is 0 Å². The highest BCUT2D eigenvalue weighted by molar-refractivity contribution is 9.10. The second kappa shape index (κ2) is 5.17. The van der Waals surface area contributed by atoms with E-state index in [2.05, 4.69) is 21.2 Å². The third-order valence-corrected chi connectivity index (χ3v) is 4.89. The van der Waals surface area contributed by atoms with Gasteiger partial charge in [-0.1, -0.05) is 15.9 Å². The van der Waals surface area contributed by atoms with E-state index in [-0.39, 0.29) is 11.7 Å². The Bertz CT molecular complexity index is 860. The predicted octanol–water partition coefficient (Wildman–Crippen LogP) is 4.50. The van der Waals surface area contributed by atoms with Gasteiger partial charge in [0, 0.05) is 22.5 Å². The van der Waals surface area contributed by atoms with Crippen LogP contribution >= 0.6 is 15.9 Å². The lowest BCUT2D eigenvalue weighted by Crippen LogP contribution is -2.65. The lowest BCUT2D eigenvalue weighted by molar-refractivity contribution is 0.0378. The molecule has 24 heavy (non-hydrogen) atoms. The number of nitrogens with zero attached hydrogens (tertiary/aromatic N) is 1. The summed E-state index contributed by atoms with van der Waals surface area (Å²) in [6, 6.07) is 8.34. The molecule has 0 saturated carbocycles. The maximum Gasteiger partial charge on any atom is 0.325 e. The zero-order chi connectivity index (χ0) is 17.1. The van der Waals surface area contributed by atoms with E-state index in [1.54, 1.807) is 6.92 Å². The number of urea groups is 1. The smallest absolute Gasteiger partial charge is 0.325 e. The molecule has 1 N–H and O–H groups in total. The molecule has 2 aromatic carbocycles. The summed E-state index contributed by atoms with van der Waals surface area (Å²) in [5.74, 6) is -1.31. The van der Waals surface area contributed by atoms with Gasteiger partial charge in [0.2, 0.25) is 0 Å². The normalized spacial score (nSPS) is 24.9. The maximum atomic E-state index is 13.6. The van der Waals surface area contributed by atoms with Gasteiger partial charge in [0.1, 0.15) is 5.75 Å². The van der Waals surface area contributed by atoms with E-state index in [9.17, 15) is 13.6 Å². The first-order chi connectivity index (χ1) is 11.4. The largest absolute Gasteiger partial charge is 0.467 e. The lowest BCUT2D eigenvalue weighted by atomic mass is 9.90. The maximum absolute atomic E-state index is 13.6. The van der Waals surface area contributed by atoms with E-state index < -0.39 is 23.4 Å². The second-order valence-electron chi connectivity index (χ2n) is 6.10. The Labute approximate surface area is 145 Å². The molecule has 4 nitrogen and oxygen atoms in total. The highest BCUT2D eigenvalue weighted by Crippen LogP contribution is 2.46. The minimum atomic E-state index is -1.01. The van der Waals surface area contributed by atoms with E-state index in [0.717, 1.165) is 22.2 Å². The Hall–Kier alpha value is -2.15. The Morgan fingerprint density at radius 2 is 2.04 bits per heavy atom. The molecule has 2 bridgehead atoms. The summed E-state index contributed by atoms with van der Waals surface area (Å²) in [4.78, 5) is 13.9. The summed E-state index contributed by atoms with van der Waals surface area (Å²) in [5.41, 5.74) is 0.144. The average molecular weight is 395 g/mol. The van der Waals surface area contributed by atoms with Crippen LogP contribution in [0.1, 0.15) is 24.9 Å². The minimum Gasteiger partial charge on any atom is -0.467 e. The van der Waals surface area contributed by atoms with E-state index in [0.29, 0.717) is 12.2 Å². The first kappa shape index (κ1) is 15.4. The number of hydrogen-bond acceptors (Lipinski definition) is 2. The number of anilines is 1. The highest BCUT2D eigenvalue weighted by atomic mass is 79.9. The van der Waals surface area contributed by atoms with Crippen LogP contribution in [0.4, 0.5) is 19.3 Å². The van der Waals surface area contributed by atoms with Crippen LogP contribution < -0.4 is 15.0 Å². The van der Waals surface area contributed by atoms with Crippen LogP contribution in [0.3, 0.4) is 0 Å². The Morgan fingerprint density at radius 1 is 1.25 bits per heavy atom. The molecule has 1 saturated heterocycles. The van der Waals surface area contributed by atoms with Crippen LogP contribution in [0, 0.1) is 11.6 Å². The van der Waals surface area contributed by atoms with Crippen molar-refractivity contribution < 1.29 is 18.3 Å². The standard InChI is InChI=1S/C17H13BrF2N2O2/c1-17-8-14(11-6-9(18)2-5-15(11)24-17)21-16(23)22(17)10-3-4-12(19)13(20)7-10/h2-7,14H,8H2,1H3,(H,21,23)/t14-,17-/m1/s1. The Kier molecular flexibility index (Phi) is 3.32. The van der Waals surface area contributed by atoms with Crippen LogP contribution in [0.2, 0.25) is 0 Å². The fraction of sp³-hybridized carbons (Fsp3) is 0.235. The molecule has 1 fully saturated rings. The Balaban J connectivity index is 1.80. The number of benzene rings is 2. The fourth-order valence-electron chi connectivity index (χ4n) is 3.36. The third kappa shape index (κ3) is 2.26. The number of ether oxygens (including phenoxy) is 1. The number of nitrogens with one attached hydrogen (secondary N) is 1. The molecule has 2 aliphatic heterocycles. The molecule has 2 amide bonds. The zero-order valence-corrected chi connectivity index (χ0v) is 14.2. The summed E-state index contributed by atoms with van der Waals surface area (Å²) in [5, 5.41) is 2.91. The molecule has 2 atom stereocenters. The summed E-state index contributed by atoms with van der Waals surface area (Å²) in [6.07, 6.45) is 0.487. The molecule has 2 aromatic rings. The van der Waals surface area contributed by atoms with Crippen molar-refractivity contribution in [2.45, 2.75) is 25.1 Å². The number of carbonyl (C=O) groups is 1. The molecule has 0 aromatic heterocycles. The number of rotatable bonds is 1. The molecule has 124 valence electrons. The topological polar surface area (TPSA) is 41.6 Å². The van der Waals surface area contributed by atoms with Gasteiger partial charge in [-0.25, -0.2) is 13.6 Å². The number of fused-ring (bicyclic) bond motifs is 4. The first-order valence-electron chi connectivity index (χ1n) is 7.42. The van der Waals surface area contributed by atoms with Gasteiger partial charge < -0.3 is 10.1 Å². The quantitative estimate of drug-likeness (QED) is 0.773. The fourth-order valence-corrected chi connectivity index (χ4v) is 3.74. The minimum absolute atomic E-state index is 0.203.